The van der Waals surface area contributed by atoms with Crippen LogP contribution in [0.25, 0.3) is 0 Å². The zero-order valence-corrected chi connectivity index (χ0v) is 7.52. The highest BCUT2D eigenvalue weighted by atomic mass is 16.5. The number of rotatable bonds is 5. The summed E-state index contributed by atoms with van der Waals surface area (Å²) in [5.74, 6) is 0.0809. The molecule has 66 valence electrons. The maximum absolute atomic E-state index is 10.7. The third kappa shape index (κ3) is 7.33. The normalized spacial score (nSPS) is 10.2. The third-order valence-corrected chi connectivity index (χ3v) is 1.20. The summed E-state index contributed by atoms with van der Waals surface area (Å²) in [4.78, 5) is 10.7. The van der Waals surface area contributed by atoms with E-state index in [0.717, 1.165) is 0 Å². The smallest absolute Gasteiger partial charge is 0.219 e. The quantitative estimate of drug-likeness (QED) is 0.606. The molecular weight excluding hydrogens is 142 g/mol. The van der Waals surface area contributed by atoms with Crippen molar-refractivity contribution in [1.82, 2.24) is 5.32 Å². The molecule has 1 amide bonds. The molecule has 0 spiro atoms. The number of ether oxygens (including phenoxy) is 1. The van der Waals surface area contributed by atoms with Crippen molar-refractivity contribution in [3.63, 3.8) is 0 Å². The minimum atomic E-state index is 0.0809. The Morgan fingerprint density at radius 1 is 1.55 bits per heavy atom. The minimum Gasteiger partial charge on any atom is -0.377 e. The van der Waals surface area contributed by atoms with E-state index in [2.05, 4.69) is 5.32 Å². The Bertz CT molecular complexity index is 113. The van der Waals surface area contributed by atoms with E-state index in [-0.39, 0.29) is 12.0 Å². The average molecular weight is 159 g/mol. The van der Waals surface area contributed by atoms with E-state index in [1.54, 1.807) is 0 Å². The maximum atomic E-state index is 10.7. The summed E-state index contributed by atoms with van der Waals surface area (Å²) in [6.45, 7) is 7.00. The van der Waals surface area contributed by atoms with E-state index in [4.69, 9.17) is 4.74 Å². The summed E-state index contributed by atoms with van der Waals surface area (Å²) in [6, 6.07) is 0. The molecule has 0 unspecified atom stereocenters. The highest BCUT2D eigenvalue weighted by Gasteiger charge is 1.95. The molecule has 11 heavy (non-hydrogen) atoms. The van der Waals surface area contributed by atoms with Gasteiger partial charge in [-0.2, -0.15) is 0 Å². The van der Waals surface area contributed by atoms with E-state index >= 15 is 0 Å². The number of carbonyl (C=O) groups excluding carboxylic acids is 1. The topological polar surface area (TPSA) is 38.3 Å². The van der Waals surface area contributed by atoms with Crippen molar-refractivity contribution < 1.29 is 9.53 Å². The van der Waals surface area contributed by atoms with Crippen LogP contribution in [-0.4, -0.2) is 25.2 Å². The van der Waals surface area contributed by atoms with Crippen LogP contribution >= 0.6 is 0 Å². The van der Waals surface area contributed by atoms with E-state index < -0.39 is 0 Å². The summed E-state index contributed by atoms with van der Waals surface area (Å²) in [5, 5.41) is 2.72. The third-order valence-electron chi connectivity index (χ3n) is 1.20. The van der Waals surface area contributed by atoms with Crippen molar-refractivity contribution in [3.05, 3.63) is 0 Å². The largest absolute Gasteiger partial charge is 0.377 e. The van der Waals surface area contributed by atoms with Crippen LogP contribution in [0.3, 0.4) is 0 Å². The Kier molecular flexibility index (Phi) is 5.84. The number of hydrogen-bond donors (Lipinski definition) is 1. The van der Waals surface area contributed by atoms with Gasteiger partial charge < -0.3 is 10.1 Å². The Morgan fingerprint density at radius 3 is 2.64 bits per heavy atom. The van der Waals surface area contributed by atoms with Gasteiger partial charge in [0.05, 0.1) is 12.7 Å². The lowest BCUT2D eigenvalue weighted by Gasteiger charge is -2.07. The lowest BCUT2D eigenvalue weighted by molar-refractivity contribution is -0.121. The second-order valence-corrected chi connectivity index (χ2v) is 2.62. The van der Waals surface area contributed by atoms with Gasteiger partial charge in [-0.3, -0.25) is 4.79 Å². The highest BCUT2D eigenvalue weighted by Crippen LogP contribution is 1.85. The average Bonchev–Trinajstić information content (AvgIpc) is 1.97. The predicted octanol–water partition coefficient (Wildman–Crippen LogP) is 0.938. The minimum absolute atomic E-state index is 0.0809. The first-order valence-corrected chi connectivity index (χ1v) is 4.05. The molecule has 0 rings (SSSR count). The number of nitrogens with one attached hydrogen (secondary N) is 1. The van der Waals surface area contributed by atoms with E-state index in [0.29, 0.717) is 19.6 Å². The molecule has 0 aliphatic heterocycles. The fourth-order valence-corrected chi connectivity index (χ4v) is 0.610. The summed E-state index contributed by atoms with van der Waals surface area (Å²) in [6.07, 6.45) is 0.787. The van der Waals surface area contributed by atoms with E-state index in [9.17, 15) is 4.79 Å². The molecule has 1 N–H and O–H groups in total. The monoisotopic (exact) mass is 159 g/mol. The number of carbonyl (C=O) groups is 1. The Morgan fingerprint density at radius 2 is 2.18 bits per heavy atom. The van der Waals surface area contributed by atoms with Crippen molar-refractivity contribution in [2.45, 2.75) is 33.3 Å². The number of amides is 1. The van der Waals surface area contributed by atoms with Gasteiger partial charge in [0.1, 0.15) is 0 Å². The predicted molar refractivity (Wildman–Crippen MR) is 44.4 cm³/mol. The van der Waals surface area contributed by atoms with Crippen LogP contribution in [0.4, 0.5) is 0 Å². The number of hydrogen-bond acceptors (Lipinski definition) is 2. The van der Waals surface area contributed by atoms with Gasteiger partial charge in [-0.1, -0.05) is 6.92 Å². The second-order valence-electron chi connectivity index (χ2n) is 2.62. The molecular formula is C8H17NO2. The van der Waals surface area contributed by atoms with Crippen LogP contribution < -0.4 is 5.32 Å². The van der Waals surface area contributed by atoms with Gasteiger partial charge in [0, 0.05) is 13.0 Å². The molecule has 0 fully saturated rings. The lowest BCUT2D eigenvalue weighted by atomic mass is 10.4. The van der Waals surface area contributed by atoms with Crippen molar-refractivity contribution >= 4 is 5.91 Å². The summed E-state index contributed by atoms with van der Waals surface area (Å²) in [7, 11) is 0. The van der Waals surface area contributed by atoms with Gasteiger partial charge in [0.2, 0.25) is 5.91 Å². The fourth-order valence-electron chi connectivity index (χ4n) is 0.610. The molecule has 0 bridgehead atoms. The molecule has 0 aromatic carbocycles. The summed E-state index contributed by atoms with van der Waals surface area (Å²) < 4.78 is 5.22. The van der Waals surface area contributed by atoms with Crippen LogP contribution in [0.2, 0.25) is 0 Å². The van der Waals surface area contributed by atoms with Gasteiger partial charge in [-0.05, 0) is 13.8 Å². The van der Waals surface area contributed by atoms with Crippen molar-refractivity contribution in [1.29, 1.82) is 0 Å². The molecule has 0 aromatic rings. The first-order chi connectivity index (χ1) is 5.16. The Labute approximate surface area is 68.1 Å². The first kappa shape index (κ1) is 10.4. The molecule has 0 aliphatic rings. The highest BCUT2D eigenvalue weighted by molar-refractivity contribution is 5.75. The van der Waals surface area contributed by atoms with Crippen LogP contribution in [-0.2, 0) is 9.53 Å². The van der Waals surface area contributed by atoms with E-state index in [1.807, 2.05) is 20.8 Å². The van der Waals surface area contributed by atoms with E-state index in [1.165, 1.54) is 0 Å². The van der Waals surface area contributed by atoms with Crippen LogP contribution in [0.15, 0.2) is 0 Å². The zero-order chi connectivity index (χ0) is 8.69. The van der Waals surface area contributed by atoms with Gasteiger partial charge >= 0.3 is 0 Å². The molecule has 0 saturated carbocycles. The SMILES string of the molecule is CCC(=O)NCCOC(C)C. The zero-order valence-electron chi connectivity index (χ0n) is 7.52. The van der Waals surface area contributed by atoms with Crippen molar-refractivity contribution in [3.8, 4) is 0 Å². The van der Waals surface area contributed by atoms with Crippen molar-refractivity contribution in [2.75, 3.05) is 13.2 Å². The van der Waals surface area contributed by atoms with Gasteiger partial charge in [0.25, 0.3) is 0 Å². The molecule has 0 heterocycles. The van der Waals surface area contributed by atoms with Gasteiger partial charge in [0.15, 0.2) is 0 Å². The fraction of sp³-hybridized carbons (Fsp3) is 0.875. The standard InChI is InChI=1S/C8H17NO2/c1-4-8(10)9-5-6-11-7(2)3/h7H,4-6H2,1-3H3,(H,9,10). The molecule has 0 radical (unpaired) electrons. The molecule has 0 aliphatic carbocycles. The molecule has 0 aromatic heterocycles. The van der Waals surface area contributed by atoms with Crippen LogP contribution in [0.1, 0.15) is 27.2 Å². The Hall–Kier alpha value is -0.570. The van der Waals surface area contributed by atoms with Crippen molar-refractivity contribution in [2.24, 2.45) is 0 Å². The first-order valence-electron chi connectivity index (χ1n) is 4.05. The summed E-state index contributed by atoms with van der Waals surface area (Å²) in [5.41, 5.74) is 0. The maximum Gasteiger partial charge on any atom is 0.219 e. The molecule has 3 heteroatoms. The van der Waals surface area contributed by atoms with Gasteiger partial charge in [-0.25, -0.2) is 0 Å². The van der Waals surface area contributed by atoms with Gasteiger partial charge in [-0.15, -0.1) is 0 Å². The lowest BCUT2D eigenvalue weighted by Crippen LogP contribution is -2.27. The molecule has 0 atom stereocenters. The Balaban J connectivity index is 3.08. The van der Waals surface area contributed by atoms with Crippen LogP contribution in [0, 0.1) is 0 Å². The molecule has 0 saturated heterocycles. The second kappa shape index (κ2) is 6.16. The van der Waals surface area contributed by atoms with Crippen LogP contribution in [0.5, 0.6) is 0 Å². The molecule has 3 nitrogen and oxygen atoms in total. The summed E-state index contributed by atoms with van der Waals surface area (Å²) >= 11 is 0.